The van der Waals surface area contributed by atoms with Crippen LogP contribution in [0.5, 0.6) is 5.88 Å². The first-order chi connectivity index (χ1) is 9.67. The lowest BCUT2D eigenvalue weighted by atomic mass is 10.2. The number of amides is 1. The summed E-state index contributed by atoms with van der Waals surface area (Å²) in [6.45, 7) is -0.0312. The molecule has 0 aromatic carbocycles. The number of carboxylic acids is 1. The topological polar surface area (TPSA) is 88.5 Å². The van der Waals surface area contributed by atoms with Crippen LogP contribution in [0.2, 0.25) is 0 Å². The molecule has 1 rings (SSSR count). The number of carbonyl (C=O) groups excluding carboxylic acids is 1. The van der Waals surface area contributed by atoms with Gasteiger partial charge >= 0.3 is 12.1 Å². The van der Waals surface area contributed by atoms with Crippen molar-refractivity contribution in [3.8, 4) is 5.88 Å². The molecule has 1 amide bonds. The molecule has 116 valence electrons. The maximum absolute atomic E-state index is 12.0. The Kier molecular flexibility index (Phi) is 5.51. The lowest BCUT2D eigenvalue weighted by molar-refractivity contribution is -0.154. The summed E-state index contributed by atoms with van der Waals surface area (Å²) >= 11 is 0. The van der Waals surface area contributed by atoms with E-state index in [9.17, 15) is 22.8 Å². The Balaban J connectivity index is 2.66. The van der Waals surface area contributed by atoms with E-state index in [-0.39, 0.29) is 18.0 Å². The first-order valence-electron chi connectivity index (χ1n) is 5.86. The fourth-order valence-electron chi connectivity index (χ4n) is 1.39. The van der Waals surface area contributed by atoms with Gasteiger partial charge in [0, 0.05) is 12.1 Å². The third-order valence-corrected chi connectivity index (χ3v) is 2.20. The number of halogens is 3. The van der Waals surface area contributed by atoms with Crippen LogP contribution >= 0.6 is 0 Å². The summed E-state index contributed by atoms with van der Waals surface area (Å²) in [5.41, 5.74) is -0.160. The van der Waals surface area contributed by atoms with Crippen molar-refractivity contribution in [2.75, 3.05) is 6.61 Å². The van der Waals surface area contributed by atoms with Gasteiger partial charge in [0.2, 0.25) is 5.88 Å². The number of hydrogen-bond donors (Lipinski definition) is 2. The summed E-state index contributed by atoms with van der Waals surface area (Å²) in [6, 6.07) is 3.14. The number of aromatic nitrogens is 1. The van der Waals surface area contributed by atoms with Crippen LogP contribution < -0.4 is 10.1 Å². The van der Waals surface area contributed by atoms with E-state index in [1.165, 1.54) is 25.1 Å². The van der Waals surface area contributed by atoms with Gasteiger partial charge in [-0.15, -0.1) is 0 Å². The molecule has 1 aromatic heterocycles. The molecule has 0 aliphatic rings. The van der Waals surface area contributed by atoms with Crippen molar-refractivity contribution in [3.05, 3.63) is 23.9 Å². The molecule has 0 radical (unpaired) electrons. The standard InChI is InChI=1S/C12H13F3N2O4/c1-7(5-10(18)19)16-11(20)8-3-2-4-9(17-8)21-6-12(13,14)15/h2-4,7H,5-6H2,1H3,(H,16,20)(H,18,19). The fourth-order valence-corrected chi connectivity index (χ4v) is 1.39. The zero-order valence-electron chi connectivity index (χ0n) is 11.0. The number of nitrogens with zero attached hydrogens (tertiary/aromatic N) is 1. The predicted octanol–water partition coefficient (Wildman–Crippen LogP) is 1.62. The van der Waals surface area contributed by atoms with E-state index < -0.39 is 30.7 Å². The molecule has 9 heteroatoms. The van der Waals surface area contributed by atoms with Gasteiger partial charge in [0.15, 0.2) is 6.61 Å². The molecule has 0 spiro atoms. The van der Waals surface area contributed by atoms with Gasteiger partial charge in [0.25, 0.3) is 5.91 Å². The van der Waals surface area contributed by atoms with E-state index in [0.29, 0.717) is 0 Å². The SMILES string of the molecule is CC(CC(=O)O)NC(=O)c1cccc(OCC(F)(F)F)n1. The summed E-state index contributed by atoms with van der Waals surface area (Å²) in [5.74, 6) is -2.12. The highest BCUT2D eigenvalue weighted by atomic mass is 19.4. The third kappa shape index (κ3) is 6.59. The average molecular weight is 306 g/mol. The minimum Gasteiger partial charge on any atom is -0.481 e. The summed E-state index contributed by atoms with van der Waals surface area (Å²) in [7, 11) is 0. The summed E-state index contributed by atoms with van der Waals surface area (Å²) in [5, 5.41) is 10.9. The number of alkyl halides is 3. The van der Waals surface area contributed by atoms with Crippen molar-refractivity contribution in [2.24, 2.45) is 0 Å². The smallest absolute Gasteiger partial charge is 0.422 e. The second-order valence-electron chi connectivity index (χ2n) is 4.24. The highest BCUT2D eigenvalue weighted by Crippen LogP contribution is 2.17. The highest BCUT2D eigenvalue weighted by molar-refractivity contribution is 5.92. The second-order valence-corrected chi connectivity index (χ2v) is 4.24. The minimum absolute atomic E-state index is 0.160. The summed E-state index contributed by atoms with van der Waals surface area (Å²) in [6.07, 6.45) is -4.79. The molecule has 0 saturated carbocycles. The maximum Gasteiger partial charge on any atom is 0.422 e. The van der Waals surface area contributed by atoms with Crippen LogP contribution in [-0.4, -0.2) is 40.8 Å². The van der Waals surface area contributed by atoms with Crippen molar-refractivity contribution in [1.82, 2.24) is 10.3 Å². The van der Waals surface area contributed by atoms with Crippen LogP contribution in [0.4, 0.5) is 13.2 Å². The van der Waals surface area contributed by atoms with Gasteiger partial charge in [-0.1, -0.05) is 6.07 Å². The molecule has 6 nitrogen and oxygen atoms in total. The average Bonchev–Trinajstić information content (AvgIpc) is 2.34. The van der Waals surface area contributed by atoms with E-state index in [2.05, 4.69) is 15.0 Å². The predicted molar refractivity (Wildman–Crippen MR) is 65.0 cm³/mol. The molecule has 0 bridgehead atoms. The zero-order valence-corrected chi connectivity index (χ0v) is 11.0. The minimum atomic E-state index is -4.50. The van der Waals surface area contributed by atoms with E-state index >= 15 is 0 Å². The first-order valence-corrected chi connectivity index (χ1v) is 5.86. The normalized spacial score (nSPS) is 12.6. The van der Waals surface area contributed by atoms with E-state index in [1.54, 1.807) is 0 Å². The molecule has 1 atom stereocenters. The van der Waals surface area contributed by atoms with Crippen LogP contribution in [0, 0.1) is 0 Å². The van der Waals surface area contributed by atoms with Crippen LogP contribution in [0.3, 0.4) is 0 Å². The Morgan fingerprint density at radius 1 is 1.43 bits per heavy atom. The molecule has 0 aliphatic heterocycles. The molecule has 1 unspecified atom stereocenters. The van der Waals surface area contributed by atoms with Crippen molar-refractivity contribution >= 4 is 11.9 Å². The molecular formula is C12H13F3N2O4. The van der Waals surface area contributed by atoms with Gasteiger partial charge in [-0.05, 0) is 13.0 Å². The molecule has 1 aromatic rings. The summed E-state index contributed by atoms with van der Waals surface area (Å²) in [4.78, 5) is 25.8. The second kappa shape index (κ2) is 6.91. The number of aliphatic carboxylic acids is 1. The Morgan fingerprint density at radius 2 is 2.10 bits per heavy atom. The quantitative estimate of drug-likeness (QED) is 0.833. The Labute approximate surface area is 117 Å². The Morgan fingerprint density at radius 3 is 2.67 bits per heavy atom. The van der Waals surface area contributed by atoms with Crippen LogP contribution in [0.15, 0.2) is 18.2 Å². The van der Waals surface area contributed by atoms with Crippen molar-refractivity contribution < 1.29 is 32.6 Å². The summed E-state index contributed by atoms with van der Waals surface area (Å²) < 4.78 is 40.4. The monoisotopic (exact) mass is 306 g/mol. The fraction of sp³-hybridized carbons (Fsp3) is 0.417. The van der Waals surface area contributed by atoms with Crippen LogP contribution in [0.25, 0.3) is 0 Å². The van der Waals surface area contributed by atoms with Gasteiger partial charge in [-0.25, -0.2) is 4.98 Å². The molecule has 0 aliphatic carbocycles. The van der Waals surface area contributed by atoms with E-state index in [4.69, 9.17) is 5.11 Å². The third-order valence-electron chi connectivity index (χ3n) is 2.20. The molecule has 0 saturated heterocycles. The van der Waals surface area contributed by atoms with Gasteiger partial charge in [-0.3, -0.25) is 9.59 Å². The van der Waals surface area contributed by atoms with Gasteiger partial charge in [-0.2, -0.15) is 13.2 Å². The van der Waals surface area contributed by atoms with Crippen LogP contribution in [0.1, 0.15) is 23.8 Å². The number of ether oxygens (including phenoxy) is 1. The lowest BCUT2D eigenvalue weighted by Crippen LogP contribution is -2.34. The van der Waals surface area contributed by atoms with Crippen molar-refractivity contribution in [3.63, 3.8) is 0 Å². The molecule has 1 heterocycles. The van der Waals surface area contributed by atoms with Crippen molar-refractivity contribution in [2.45, 2.75) is 25.6 Å². The first kappa shape index (κ1) is 16.7. The van der Waals surface area contributed by atoms with Crippen LogP contribution in [-0.2, 0) is 4.79 Å². The highest BCUT2D eigenvalue weighted by Gasteiger charge is 2.28. The number of nitrogens with one attached hydrogen (secondary N) is 1. The van der Waals surface area contributed by atoms with E-state index in [0.717, 1.165) is 0 Å². The van der Waals surface area contributed by atoms with Gasteiger partial charge in [0.05, 0.1) is 6.42 Å². The molecule has 2 N–H and O–H groups in total. The lowest BCUT2D eigenvalue weighted by Gasteiger charge is -2.12. The maximum atomic E-state index is 12.0. The van der Waals surface area contributed by atoms with E-state index in [1.807, 2.05) is 0 Å². The number of rotatable bonds is 6. The number of carbonyl (C=O) groups is 2. The number of carboxylic acid groups (broad SMARTS) is 1. The number of hydrogen-bond acceptors (Lipinski definition) is 4. The Hall–Kier alpha value is -2.32. The largest absolute Gasteiger partial charge is 0.481 e. The Bertz CT molecular complexity index is 519. The van der Waals surface area contributed by atoms with Gasteiger partial charge < -0.3 is 15.2 Å². The van der Waals surface area contributed by atoms with Crippen molar-refractivity contribution in [1.29, 1.82) is 0 Å². The zero-order chi connectivity index (χ0) is 16.0. The van der Waals surface area contributed by atoms with Gasteiger partial charge in [0.1, 0.15) is 5.69 Å². The molecule has 0 fully saturated rings. The molecule has 21 heavy (non-hydrogen) atoms. The molecular weight excluding hydrogens is 293 g/mol. The number of pyridine rings is 1.